The van der Waals surface area contributed by atoms with Crippen molar-refractivity contribution in [2.75, 3.05) is 13.2 Å². The molecule has 0 aromatic heterocycles. The second kappa shape index (κ2) is 7.81. The molecule has 5 nitrogen and oxygen atoms in total. The van der Waals surface area contributed by atoms with Gasteiger partial charge in [0.1, 0.15) is 11.7 Å². The van der Waals surface area contributed by atoms with Crippen molar-refractivity contribution in [2.45, 2.75) is 34.1 Å². The van der Waals surface area contributed by atoms with E-state index in [4.69, 9.17) is 9.47 Å². The predicted octanol–water partition coefficient (Wildman–Crippen LogP) is 1.34. The lowest BCUT2D eigenvalue weighted by Gasteiger charge is -2.20. The first-order chi connectivity index (χ1) is 7.99. The van der Waals surface area contributed by atoms with E-state index in [1.54, 1.807) is 20.8 Å². The Morgan fingerprint density at radius 2 is 1.41 bits per heavy atom. The Morgan fingerprint density at radius 1 is 0.941 bits per heavy atom. The van der Waals surface area contributed by atoms with Crippen molar-refractivity contribution in [3.05, 3.63) is 0 Å². The molecule has 0 aromatic carbocycles. The minimum absolute atomic E-state index is 0.182. The lowest BCUT2D eigenvalue weighted by atomic mass is 9.87. The fourth-order valence-corrected chi connectivity index (χ4v) is 1.63. The van der Waals surface area contributed by atoms with Gasteiger partial charge >= 0.3 is 11.9 Å². The number of ketones is 1. The number of hydrogen-bond donors (Lipinski definition) is 0. The molecule has 5 heteroatoms. The van der Waals surface area contributed by atoms with Crippen LogP contribution >= 0.6 is 0 Å². The zero-order valence-corrected chi connectivity index (χ0v) is 10.8. The number of ether oxygens (including phenoxy) is 2. The van der Waals surface area contributed by atoms with Crippen molar-refractivity contribution in [1.29, 1.82) is 0 Å². The van der Waals surface area contributed by atoms with E-state index in [2.05, 4.69) is 0 Å². The summed E-state index contributed by atoms with van der Waals surface area (Å²) in [5, 5.41) is 0. The molecule has 0 fully saturated rings. The van der Waals surface area contributed by atoms with E-state index in [0.29, 0.717) is 6.42 Å². The molecule has 0 N–H and O–H groups in total. The normalized spacial score (nSPS) is 13.6. The number of esters is 2. The van der Waals surface area contributed by atoms with E-state index in [1.807, 2.05) is 0 Å². The van der Waals surface area contributed by atoms with Gasteiger partial charge in [0, 0.05) is 0 Å². The number of carbonyl (C=O) groups excluding carboxylic acids is 3. The highest BCUT2D eigenvalue weighted by Gasteiger charge is 2.37. The van der Waals surface area contributed by atoms with Crippen LogP contribution in [-0.4, -0.2) is 30.9 Å². The van der Waals surface area contributed by atoms with Crippen molar-refractivity contribution < 1.29 is 23.9 Å². The van der Waals surface area contributed by atoms with Gasteiger partial charge in [-0.25, -0.2) is 0 Å². The van der Waals surface area contributed by atoms with Crippen LogP contribution in [-0.2, 0) is 23.9 Å². The number of hydrogen-bond acceptors (Lipinski definition) is 5. The summed E-state index contributed by atoms with van der Waals surface area (Å²) in [4.78, 5) is 34.8. The Bertz CT molecular complexity index is 285. The summed E-state index contributed by atoms with van der Waals surface area (Å²) in [5.74, 6) is -3.36. The van der Waals surface area contributed by atoms with Crippen LogP contribution in [0.4, 0.5) is 0 Å². The Morgan fingerprint density at radius 3 is 1.76 bits per heavy atom. The summed E-state index contributed by atoms with van der Waals surface area (Å²) < 4.78 is 9.66. The van der Waals surface area contributed by atoms with Crippen molar-refractivity contribution in [3.63, 3.8) is 0 Å². The average Bonchev–Trinajstić information content (AvgIpc) is 2.25. The molecular weight excluding hydrogens is 224 g/mol. The Kier molecular flexibility index (Phi) is 7.18. The fourth-order valence-electron chi connectivity index (χ4n) is 1.63. The monoisotopic (exact) mass is 244 g/mol. The van der Waals surface area contributed by atoms with Crippen LogP contribution in [0.3, 0.4) is 0 Å². The molecule has 0 saturated heterocycles. The van der Waals surface area contributed by atoms with Gasteiger partial charge in [0.15, 0.2) is 0 Å². The highest BCUT2D eigenvalue weighted by molar-refractivity contribution is 6.01. The Labute approximate surface area is 101 Å². The summed E-state index contributed by atoms with van der Waals surface area (Å²) in [6, 6.07) is 0. The molecule has 17 heavy (non-hydrogen) atoms. The first kappa shape index (κ1) is 15.6. The molecular formula is C12H20O5. The van der Waals surface area contributed by atoms with Crippen LogP contribution in [0.15, 0.2) is 0 Å². The van der Waals surface area contributed by atoms with Crippen molar-refractivity contribution in [2.24, 2.45) is 11.8 Å². The lowest BCUT2D eigenvalue weighted by molar-refractivity contribution is -0.163. The van der Waals surface area contributed by atoms with Gasteiger partial charge in [0.05, 0.1) is 19.1 Å². The van der Waals surface area contributed by atoms with Gasteiger partial charge in [-0.05, 0) is 27.2 Å². The molecule has 2 atom stereocenters. The van der Waals surface area contributed by atoms with Gasteiger partial charge in [-0.3, -0.25) is 14.4 Å². The van der Waals surface area contributed by atoms with Gasteiger partial charge in [0.2, 0.25) is 0 Å². The number of rotatable bonds is 7. The zero-order chi connectivity index (χ0) is 13.4. The lowest BCUT2D eigenvalue weighted by Crippen LogP contribution is -2.36. The number of carbonyl (C=O) groups is 3. The van der Waals surface area contributed by atoms with Crippen LogP contribution in [0, 0.1) is 11.8 Å². The first-order valence-electron chi connectivity index (χ1n) is 5.83. The Balaban J connectivity index is 4.93. The molecule has 0 rings (SSSR count). The molecule has 0 amide bonds. The number of Topliss-reactive ketones (excluding diaryl/α,β-unsaturated/α-hetero) is 1. The van der Waals surface area contributed by atoms with E-state index in [-0.39, 0.29) is 19.0 Å². The summed E-state index contributed by atoms with van der Waals surface area (Å²) in [7, 11) is 0. The van der Waals surface area contributed by atoms with Crippen molar-refractivity contribution in [3.8, 4) is 0 Å². The first-order valence-corrected chi connectivity index (χ1v) is 5.83. The Hall–Kier alpha value is -1.39. The second-order valence-electron chi connectivity index (χ2n) is 3.61. The molecule has 0 heterocycles. The van der Waals surface area contributed by atoms with E-state index < -0.39 is 23.8 Å². The third-order valence-corrected chi connectivity index (χ3v) is 2.41. The quantitative estimate of drug-likeness (QED) is 0.499. The van der Waals surface area contributed by atoms with Crippen LogP contribution in [0.2, 0.25) is 0 Å². The van der Waals surface area contributed by atoms with E-state index in [9.17, 15) is 14.4 Å². The fraction of sp³-hybridized carbons (Fsp3) is 0.750. The topological polar surface area (TPSA) is 69.7 Å². The molecule has 0 aromatic rings. The zero-order valence-electron chi connectivity index (χ0n) is 10.8. The summed E-state index contributed by atoms with van der Waals surface area (Å²) in [6.07, 6.45) is 0.363. The summed E-state index contributed by atoms with van der Waals surface area (Å²) >= 11 is 0. The standard InChI is InChI=1S/C12H20O5/c1-5-9(11(14)16-6-2)10(8(4)13)12(15)17-7-3/h9-10H,5-7H2,1-4H3. The summed E-state index contributed by atoms with van der Waals surface area (Å²) in [5.41, 5.74) is 0. The van der Waals surface area contributed by atoms with E-state index in [1.165, 1.54) is 6.92 Å². The van der Waals surface area contributed by atoms with Crippen LogP contribution in [0.5, 0.6) is 0 Å². The van der Waals surface area contributed by atoms with Crippen molar-refractivity contribution in [1.82, 2.24) is 0 Å². The average molecular weight is 244 g/mol. The van der Waals surface area contributed by atoms with Crippen molar-refractivity contribution >= 4 is 17.7 Å². The predicted molar refractivity (Wildman–Crippen MR) is 61.2 cm³/mol. The van der Waals surface area contributed by atoms with Gasteiger partial charge < -0.3 is 9.47 Å². The molecule has 0 saturated carbocycles. The van der Waals surface area contributed by atoms with E-state index in [0.717, 1.165) is 0 Å². The molecule has 0 radical (unpaired) electrons. The third-order valence-electron chi connectivity index (χ3n) is 2.41. The van der Waals surface area contributed by atoms with Gasteiger partial charge in [-0.15, -0.1) is 0 Å². The minimum atomic E-state index is -1.06. The second-order valence-corrected chi connectivity index (χ2v) is 3.61. The summed E-state index contributed by atoms with van der Waals surface area (Å²) in [6.45, 7) is 6.75. The van der Waals surface area contributed by atoms with Gasteiger partial charge in [-0.1, -0.05) is 6.92 Å². The highest BCUT2D eigenvalue weighted by atomic mass is 16.5. The van der Waals surface area contributed by atoms with Crippen LogP contribution < -0.4 is 0 Å². The van der Waals surface area contributed by atoms with Gasteiger partial charge in [0.25, 0.3) is 0 Å². The molecule has 0 aliphatic rings. The maximum absolute atomic E-state index is 11.6. The molecule has 98 valence electrons. The van der Waals surface area contributed by atoms with Gasteiger partial charge in [-0.2, -0.15) is 0 Å². The van der Waals surface area contributed by atoms with Crippen LogP contribution in [0.25, 0.3) is 0 Å². The maximum atomic E-state index is 11.6. The maximum Gasteiger partial charge on any atom is 0.317 e. The smallest absolute Gasteiger partial charge is 0.317 e. The largest absolute Gasteiger partial charge is 0.466 e. The molecule has 0 aliphatic carbocycles. The third kappa shape index (κ3) is 4.54. The molecule has 2 unspecified atom stereocenters. The minimum Gasteiger partial charge on any atom is -0.466 e. The molecule has 0 spiro atoms. The SMILES string of the molecule is CCOC(=O)C(CC)C(C(C)=O)C(=O)OCC. The van der Waals surface area contributed by atoms with Crippen LogP contribution in [0.1, 0.15) is 34.1 Å². The van der Waals surface area contributed by atoms with E-state index >= 15 is 0 Å². The molecule has 0 bridgehead atoms. The molecule has 0 aliphatic heterocycles. The highest BCUT2D eigenvalue weighted by Crippen LogP contribution is 2.20.